The van der Waals surface area contributed by atoms with Crippen molar-refractivity contribution in [2.75, 3.05) is 0 Å². The molecule has 94 valence electrons. The largest absolute Gasteiger partial charge is 0.333 e. The second-order valence-corrected chi connectivity index (χ2v) is 3.99. The van der Waals surface area contributed by atoms with Crippen LogP contribution in [-0.2, 0) is 6.54 Å². The van der Waals surface area contributed by atoms with Gasteiger partial charge in [-0.3, -0.25) is 5.01 Å². The van der Waals surface area contributed by atoms with Gasteiger partial charge in [-0.25, -0.2) is 10.2 Å². The van der Waals surface area contributed by atoms with Crippen molar-refractivity contribution in [3.8, 4) is 0 Å². The monoisotopic (exact) mass is 255 g/mol. The number of amides is 2. The highest BCUT2D eigenvalue weighted by molar-refractivity contribution is 5.85. The lowest BCUT2D eigenvalue weighted by molar-refractivity contribution is 0.194. The van der Waals surface area contributed by atoms with Gasteiger partial charge in [-0.05, 0) is 12.0 Å². The van der Waals surface area contributed by atoms with E-state index in [1.165, 1.54) is 0 Å². The van der Waals surface area contributed by atoms with Crippen LogP contribution in [0.2, 0.25) is 0 Å². The highest BCUT2D eigenvalue weighted by Crippen LogP contribution is 2.08. The summed E-state index contributed by atoms with van der Waals surface area (Å²) in [6.07, 6.45) is 2.09. The lowest BCUT2D eigenvalue weighted by Crippen LogP contribution is -2.36. The number of nitrogens with zero attached hydrogens (tertiary/aromatic N) is 1. The molecule has 1 aromatic rings. The van der Waals surface area contributed by atoms with E-state index in [4.69, 9.17) is 0 Å². The molecule has 1 aliphatic heterocycles. The SMILES string of the molecule is CCCC1NC(=O)N(Cc2ccccc2)N1.Cl. The van der Waals surface area contributed by atoms with E-state index in [9.17, 15) is 4.79 Å². The number of hydrazine groups is 1. The second-order valence-electron chi connectivity index (χ2n) is 3.99. The van der Waals surface area contributed by atoms with Gasteiger partial charge >= 0.3 is 6.03 Å². The van der Waals surface area contributed by atoms with Gasteiger partial charge in [0.1, 0.15) is 0 Å². The number of halogens is 1. The Kier molecular flexibility index (Phi) is 5.25. The molecule has 1 aromatic carbocycles. The zero-order chi connectivity index (χ0) is 11.4. The smallest absolute Gasteiger partial charge is 0.320 e. The Morgan fingerprint density at radius 3 is 2.65 bits per heavy atom. The van der Waals surface area contributed by atoms with Crippen LogP contribution in [0.15, 0.2) is 30.3 Å². The van der Waals surface area contributed by atoms with Crippen molar-refractivity contribution >= 4 is 18.4 Å². The number of carbonyl (C=O) groups excluding carboxylic acids is 1. The van der Waals surface area contributed by atoms with Crippen LogP contribution in [0.3, 0.4) is 0 Å². The molecule has 1 unspecified atom stereocenters. The standard InChI is InChI=1S/C12H17N3O.ClH/c1-2-6-11-13-12(16)15(14-11)9-10-7-4-3-5-8-10;/h3-5,7-8,11,14H,2,6,9H2,1H3,(H,13,16);1H. The number of hydrogen-bond acceptors (Lipinski definition) is 2. The fraction of sp³-hybridized carbons (Fsp3) is 0.417. The molecule has 2 amide bonds. The maximum atomic E-state index is 11.6. The Morgan fingerprint density at radius 2 is 2.00 bits per heavy atom. The molecule has 1 aliphatic rings. The maximum absolute atomic E-state index is 11.6. The van der Waals surface area contributed by atoms with Gasteiger partial charge in [0, 0.05) is 0 Å². The Balaban J connectivity index is 0.00000144. The lowest BCUT2D eigenvalue weighted by atomic mass is 10.2. The Labute approximate surface area is 108 Å². The second kappa shape index (κ2) is 6.47. The minimum Gasteiger partial charge on any atom is -0.320 e. The number of benzene rings is 1. The number of carbonyl (C=O) groups is 1. The van der Waals surface area contributed by atoms with Crippen molar-refractivity contribution < 1.29 is 4.79 Å². The van der Waals surface area contributed by atoms with Crippen LogP contribution < -0.4 is 10.7 Å². The summed E-state index contributed by atoms with van der Waals surface area (Å²) >= 11 is 0. The van der Waals surface area contributed by atoms with Crippen molar-refractivity contribution in [2.24, 2.45) is 0 Å². The molecule has 17 heavy (non-hydrogen) atoms. The van der Waals surface area contributed by atoms with Crippen molar-refractivity contribution in [3.63, 3.8) is 0 Å². The van der Waals surface area contributed by atoms with Gasteiger partial charge < -0.3 is 5.32 Å². The van der Waals surface area contributed by atoms with Crippen LogP contribution in [0, 0.1) is 0 Å². The number of urea groups is 1. The van der Waals surface area contributed by atoms with E-state index in [0.717, 1.165) is 18.4 Å². The first-order chi connectivity index (χ1) is 7.79. The van der Waals surface area contributed by atoms with Crippen molar-refractivity contribution in [3.05, 3.63) is 35.9 Å². The Bertz CT molecular complexity index is 358. The molecular formula is C12H18ClN3O. The van der Waals surface area contributed by atoms with Crippen LogP contribution in [0.5, 0.6) is 0 Å². The van der Waals surface area contributed by atoms with Crippen molar-refractivity contribution in [1.29, 1.82) is 0 Å². The molecule has 1 fully saturated rings. The highest BCUT2D eigenvalue weighted by atomic mass is 35.5. The summed E-state index contributed by atoms with van der Waals surface area (Å²) in [7, 11) is 0. The van der Waals surface area contributed by atoms with Gasteiger partial charge in [-0.1, -0.05) is 43.7 Å². The van der Waals surface area contributed by atoms with E-state index in [2.05, 4.69) is 17.7 Å². The summed E-state index contributed by atoms with van der Waals surface area (Å²) in [5.41, 5.74) is 4.29. The normalized spacial score (nSPS) is 18.8. The summed E-state index contributed by atoms with van der Waals surface area (Å²) < 4.78 is 0. The molecule has 1 atom stereocenters. The van der Waals surface area contributed by atoms with Gasteiger partial charge in [0.15, 0.2) is 0 Å². The molecule has 5 heteroatoms. The van der Waals surface area contributed by atoms with E-state index >= 15 is 0 Å². The minimum absolute atomic E-state index is 0. The number of hydrogen-bond donors (Lipinski definition) is 2. The van der Waals surface area contributed by atoms with Crippen LogP contribution in [-0.4, -0.2) is 17.2 Å². The third-order valence-electron chi connectivity index (χ3n) is 2.62. The van der Waals surface area contributed by atoms with Crippen LogP contribution in [0.1, 0.15) is 25.3 Å². The average Bonchev–Trinajstić information content (AvgIpc) is 2.61. The van der Waals surface area contributed by atoms with Gasteiger partial charge in [-0.15, -0.1) is 12.4 Å². The van der Waals surface area contributed by atoms with Crippen LogP contribution in [0.25, 0.3) is 0 Å². The summed E-state index contributed by atoms with van der Waals surface area (Å²) in [6.45, 7) is 2.71. The van der Waals surface area contributed by atoms with Gasteiger partial charge in [0.2, 0.25) is 0 Å². The van der Waals surface area contributed by atoms with E-state index in [0.29, 0.717) is 6.54 Å². The van der Waals surface area contributed by atoms with E-state index < -0.39 is 0 Å². The Morgan fingerprint density at radius 1 is 1.29 bits per heavy atom. The maximum Gasteiger partial charge on any atom is 0.333 e. The molecule has 2 rings (SSSR count). The van der Waals surface area contributed by atoms with E-state index in [1.54, 1.807) is 5.01 Å². The fourth-order valence-electron chi connectivity index (χ4n) is 1.81. The fourth-order valence-corrected chi connectivity index (χ4v) is 1.81. The summed E-state index contributed by atoms with van der Waals surface area (Å²) in [5.74, 6) is 0. The molecule has 1 saturated heterocycles. The zero-order valence-corrected chi connectivity index (χ0v) is 10.7. The highest BCUT2D eigenvalue weighted by Gasteiger charge is 2.26. The molecule has 0 bridgehead atoms. The molecule has 0 radical (unpaired) electrons. The van der Waals surface area contributed by atoms with Crippen LogP contribution >= 0.6 is 12.4 Å². The van der Waals surface area contributed by atoms with Gasteiger partial charge in [0.05, 0.1) is 12.7 Å². The quantitative estimate of drug-likeness (QED) is 0.867. The zero-order valence-electron chi connectivity index (χ0n) is 9.85. The molecule has 0 spiro atoms. The van der Waals surface area contributed by atoms with Gasteiger partial charge in [-0.2, -0.15) is 0 Å². The Hall–Kier alpha value is -1.26. The van der Waals surface area contributed by atoms with Gasteiger partial charge in [0.25, 0.3) is 0 Å². The topological polar surface area (TPSA) is 44.4 Å². The molecule has 0 saturated carbocycles. The van der Waals surface area contributed by atoms with Crippen LogP contribution in [0.4, 0.5) is 4.79 Å². The third kappa shape index (κ3) is 3.61. The molecule has 1 heterocycles. The summed E-state index contributed by atoms with van der Waals surface area (Å²) in [5, 5.41) is 4.54. The molecule has 4 nitrogen and oxygen atoms in total. The molecule has 0 aliphatic carbocycles. The average molecular weight is 256 g/mol. The van der Waals surface area contributed by atoms with Crippen molar-refractivity contribution in [1.82, 2.24) is 15.8 Å². The lowest BCUT2D eigenvalue weighted by Gasteiger charge is -2.15. The molecular weight excluding hydrogens is 238 g/mol. The first-order valence-corrected chi connectivity index (χ1v) is 5.67. The predicted octanol–water partition coefficient (Wildman–Crippen LogP) is 2.26. The third-order valence-corrected chi connectivity index (χ3v) is 2.62. The van der Waals surface area contributed by atoms with E-state index in [-0.39, 0.29) is 24.6 Å². The van der Waals surface area contributed by atoms with E-state index in [1.807, 2.05) is 30.3 Å². The number of rotatable bonds is 4. The molecule has 0 aromatic heterocycles. The summed E-state index contributed by atoms with van der Waals surface area (Å²) in [4.78, 5) is 11.6. The first kappa shape index (κ1) is 13.8. The first-order valence-electron chi connectivity index (χ1n) is 5.67. The number of nitrogens with one attached hydrogen (secondary N) is 2. The molecule has 2 N–H and O–H groups in total. The minimum atomic E-state index is -0.0395. The summed E-state index contributed by atoms with van der Waals surface area (Å²) in [6, 6.07) is 9.92. The predicted molar refractivity (Wildman–Crippen MR) is 69.6 cm³/mol. The van der Waals surface area contributed by atoms with Crippen molar-refractivity contribution in [2.45, 2.75) is 32.5 Å².